The molecule has 0 aliphatic heterocycles. The van der Waals surface area contributed by atoms with Crippen LogP contribution >= 0.6 is 12.2 Å². The van der Waals surface area contributed by atoms with E-state index in [1.807, 2.05) is 41.2 Å². The maximum atomic E-state index is 11.8. The molecule has 0 fully saturated rings. The molecular formula is C24H36N2O3S. The van der Waals surface area contributed by atoms with Crippen molar-refractivity contribution in [3.05, 3.63) is 63.8 Å². The second-order valence-electron chi connectivity index (χ2n) is 7.94. The average Bonchev–Trinajstić information content (AvgIpc) is 2.75. The zero-order valence-corrected chi connectivity index (χ0v) is 18.7. The molecule has 0 saturated carbocycles. The van der Waals surface area contributed by atoms with Gasteiger partial charge in [-0.05, 0) is 43.9 Å². The summed E-state index contributed by atoms with van der Waals surface area (Å²) in [6.07, 6.45) is 13.0. The predicted octanol–water partition coefficient (Wildman–Crippen LogP) is 4.87. The lowest BCUT2D eigenvalue weighted by atomic mass is 9.97. The van der Waals surface area contributed by atoms with Crippen LogP contribution in [0.25, 0.3) is 0 Å². The van der Waals surface area contributed by atoms with Crippen LogP contribution in [0, 0.1) is 4.64 Å². The first-order chi connectivity index (χ1) is 14.6. The molecule has 2 N–H and O–H groups in total. The normalized spacial score (nSPS) is 13.3. The van der Waals surface area contributed by atoms with Crippen LogP contribution in [0.2, 0.25) is 0 Å². The molecule has 0 amide bonds. The molecule has 30 heavy (non-hydrogen) atoms. The third-order valence-electron chi connectivity index (χ3n) is 5.61. The average molecular weight is 433 g/mol. The Labute approximate surface area is 185 Å². The highest BCUT2D eigenvalue weighted by molar-refractivity contribution is 7.71. The molecule has 2 aromatic rings. The van der Waals surface area contributed by atoms with Crippen LogP contribution in [-0.4, -0.2) is 32.1 Å². The molecule has 2 heterocycles. The molecule has 0 spiro atoms. The Kier molecular flexibility index (Phi) is 11.7. The largest absolute Gasteiger partial charge is 0.396 e. The van der Waals surface area contributed by atoms with Gasteiger partial charge >= 0.3 is 0 Å². The second-order valence-corrected chi connectivity index (χ2v) is 8.36. The van der Waals surface area contributed by atoms with Crippen molar-refractivity contribution in [2.24, 2.45) is 0 Å². The summed E-state index contributed by atoms with van der Waals surface area (Å²) in [6, 6.07) is 11.0. The van der Waals surface area contributed by atoms with Gasteiger partial charge in [0.1, 0.15) is 4.64 Å². The lowest BCUT2D eigenvalue weighted by molar-refractivity contribution is 0.0932. The molecule has 0 bridgehead atoms. The molecule has 2 atom stereocenters. The molecule has 5 nitrogen and oxygen atoms in total. The molecule has 2 aromatic heterocycles. The summed E-state index contributed by atoms with van der Waals surface area (Å²) in [6.45, 7) is 0.982. The fourth-order valence-corrected chi connectivity index (χ4v) is 4.15. The van der Waals surface area contributed by atoms with Crippen LogP contribution in [0.15, 0.2) is 53.6 Å². The maximum Gasteiger partial charge on any atom is 0.250 e. The Balaban J connectivity index is 1.82. The highest BCUT2D eigenvalue weighted by atomic mass is 32.1. The van der Waals surface area contributed by atoms with Crippen molar-refractivity contribution in [3.8, 4) is 0 Å². The van der Waals surface area contributed by atoms with E-state index in [9.17, 15) is 9.90 Å². The fourth-order valence-electron chi connectivity index (χ4n) is 3.88. The lowest BCUT2D eigenvalue weighted by Crippen LogP contribution is -2.25. The third-order valence-corrected chi connectivity index (χ3v) is 5.96. The Hall–Kier alpha value is -1.76. The van der Waals surface area contributed by atoms with E-state index in [4.69, 9.17) is 17.3 Å². The van der Waals surface area contributed by atoms with Crippen molar-refractivity contribution in [3.63, 3.8) is 0 Å². The van der Waals surface area contributed by atoms with Crippen LogP contribution in [0.4, 0.5) is 0 Å². The molecular weight excluding hydrogens is 396 g/mol. The first kappa shape index (κ1) is 24.5. The van der Waals surface area contributed by atoms with E-state index >= 15 is 0 Å². The number of aliphatic hydroxyl groups is 2. The van der Waals surface area contributed by atoms with Gasteiger partial charge in [-0.25, -0.2) is 0 Å². The Bertz CT molecular complexity index is 833. The molecule has 2 rings (SSSR count). The van der Waals surface area contributed by atoms with Crippen LogP contribution in [-0.2, 0) is 6.54 Å². The zero-order chi connectivity index (χ0) is 21.6. The first-order valence-electron chi connectivity index (χ1n) is 11.2. The number of nitrogens with zero attached hydrogens (tertiary/aromatic N) is 2. The molecule has 166 valence electrons. The van der Waals surface area contributed by atoms with Crippen molar-refractivity contribution in [1.29, 1.82) is 0 Å². The molecule has 0 radical (unpaired) electrons. The summed E-state index contributed by atoms with van der Waals surface area (Å²) < 4.78 is 4.53. The van der Waals surface area contributed by atoms with Gasteiger partial charge in [-0.2, -0.15) is 0 Å². The molecule has 0 aliphatic carbocycles. The number of pyridine rings is 2. The minimum Gasteiger partial charge on any atom is -0.396 e. The van der Waals surface area contributed by atoms with Crippen LogP contribution in [0.1, 0.15) is 70.3 Å². The highest BCUT2D eigenvalue weighted by Crippen LogP contribution is 2.24. The molecule has 2 unspecified atom stereocenters. The Morgan fingerprint density at radius 1 is 0.833 bits per heavy atom. The molecule has 0 saturated heterocycles. The number of aromatic nitrogens is 2. The summed E-state index contributed by atoms with van der Waals surface area (Å²) in [5.74, 6) is 0. The number of hydrogen-bond donors (Lipinski definition) is 2. The van der Waals surface area contributed by atoms with Crippen LogP contribution < -0.4 is 5.56 Å². The molecule has 0 aliphatic rings. The Morgan fingerprint density at radius 2 is 1.50 bits per heavy atom. The summed E-state index contributed by atoms with van der Waals surface area (Å²) in [5.41, 5.74) is 0.0371. The van der Waals surface area contributed by atoms with Crippen LogP contribution in [0.5, 0.6) is 0 Å². The van der Waals surface area contributed by atoms with Crippen molar-refractivity contribution >= 4 is 12.2 Å². The summed E-state index contributed by atoms with van der Waals surface area (Å²) in [7, 11) is 0. The lowest BCUT2D eigenvalue weighted by Gasteiger charge is -2.26. The highest BCUT2D eigenvalue weighted by Gasteiger charge is 2.20. The van der Waals surface area contributed by atoms with Crippen LogP contribution in [0.3, 0.4) is 0 Å². The summed E-state index contributed by atoms with van der Waals surface area (Å²) in [4.78, 5) is 11.8. The van der Waals surface area contributed by atoms with E-state index < -0.39 is 6.10 Å². The predicted molar refractivity (Wildman–Crippen MR) is 124 cm³/mol. The number of unbranched alkanes of at least 4 members (excludes halogenated alkanes) is 6. The topological polar surface area (TPSA) is 67.4 Å². The van der Waals surface area contributed by atoms with Gasteiger partial charge in [0.15, 0.2) is 0 Å². The van der Waals surface area contributed by atoms with E-state index in [1.165, 1.54) is 0 Å². The van der Waals surface area contributed by atoms with Gasteiger partial charge in [-0.1, -0.05) is 62.9 Å². The van der Waals surface area contributed by atoms with Gasteiger partial charge in [0, 0.05) is 31.6 Å². The van der Waals surface area contributed by atoms with E-state index in [1.54, 1.807) is 16.7 Å². The smallest absolute Gasteiger partial charge is 0.250 e. The van der Waals surface area contributed by atoms with E-state index in [-0.39, 0.29) is 18.2 Å². The van der Waals surface area contributed by atoms with E-state index in [0.29, 0.717) is 0 Å². The quantitative estimate of drug-likeness (QED) is 0.311. The first-order valence-corrected chi connectivity index (χ1v) is 11.7. The zero-order valence-electron chi connectivity index (χ0n) is 17.9. The van der Waals surface area contributed by atoms with Gasteiger partial charge in [0.05, 0.1) is 12.1 Å². The third kappa shape index (κ3) is 8.54. The second kappa shape index (κ2) is 14.3. The van der Waals surface area contributed by atoms with Gasteiger partial charge in [0.2, 0.25) is 5.56 Å². The number of hydrogen-bond acceptors (Lipinski definition) is 4. The Morgan fingerprint density at radius 3 is 2.27 bits per heavy atom. The SMILES string of the molecule is O=c1ccccn1CCCCCC(O)C(CCCCCCCO)n1ccccc1=S. The monoisotopic (exact) mass is 432 g/mol. The van der Waals surface area contributed by atoms with E-state index in [0.717, 1.165) is 75.4 Å². The summed E-state index contributed by atoms with van der Waals surface area (Å²) in [5, 5.41) is 19.8. The van der Waals surface area contributed by atoms with Gasteiger partial charge < -0.3 is 19.3 Å². The van der Waals surface area contributed by atoms with Gasteiger partial charge in [-0.15, -0.1) is 0 Å². The van der Waals surface area contributed by atoms with Gasteiger partial charge in [-0.3, -0.25) is 4.79 Å². The van der Waals surface area contributed by atoms with Crippen molar-refractivity contribution in [1.82, 2.24) is 9.13 Å². The van der Waals surface area contributed by atoms with Crippen molar-refractivity contribution < 1.29 is 10.2 Å². The van der Waals surface area contributed by atoms with Crippen molar-refractivity contribution in [2.75, 3.05) is 6.61 Å². The summed E-state index contributed by atoms with van der Waals surface area (Å²) >= 11 is 5.50. The van der Waals surface area contributed by atoms with E-state index in [2.05, 4.69) is 0 Å². The minimum absolute atomic E-state index is 0.00622. The maximum absolute atomic E-state index is 11.8. The fraction of sp³-hybridized carbons (Fsp3) is 0.583. The van der Waals surface area contributed by atoms with Crippen molar-refractivity contribution in [2.45, 2.75) is 82.9 Å². The minimum atomic E-state index is -0.434. The molecule has 6 heteroatoms. The number of aliphatic hydroxyl groups excluding tert-OH is 2. The van der Waals surface area contributed by atoms with Gasteiger partial charge in [0.25, 0.3) is 0 Å². The number of rotatable bonds is 15. The number of aryl methyl sites for hydroxylation is 1. The molecule has 0 aromatic carbocycles. The standard InChI is InChI=1S/C24H36N2O3S/c27-20-12-3-1-2-5-13-21(26-19-11-8-16-24(26)30)22(28)14-6-4-9-17-25-18-10-7-15-23(25)29/h7-8,10-11,15-16,18-19,21-22,27-28H,1-6,9,12-14,17,20H2.